The van der Waals surface area contributed by atoms with Gasteiger partial charge >= 0.3 is 6.18 Å². The van der Waals surface area contributed by atoms with E-state index in [4.69, 9.17) is 0 Å². The molecule has 162 valence electrons. The van der Waals surface area contributed by atoms with E-state index in [1.54, 1.807) is 18.2 Å². The number of aromatic nitrogens is 2. The van der Waals surface area contributed by atoms with Crippen molar-refractivity contribution in [3.05, 3.63) is 53.2 Å². The number of halogens is 3. The zero-order chi connectivity index (χ0) is 22.3. The molecule has 2 amide bonds. The summed E-state index contributed by atoms with van der Waals surface area (Å²) in [6.45, 7) is 2.48. The van der Waals surface area contributed by atoms with Crippen LogP contribution in [0.5, 0.6) is 0 Å². The molecule has 0 spiro atoms. The molecule has 7 nitrogen and oxygen atoms in total. The maximum absolute atomic E-state index is 12.9. The van der Waals surface area contributed by atoms with Gasteiger partial charge in [0.2, 0.25) is 5.91 Å². The Morgan fingerprint density at radius 1 is 1.29 bits per heavy atom. The van der Waals surface area contributed by atoms with Crippen molar-refractivity contribution in [2.45, 2.75) is 32.6 Å². The average Bonchev–Trinajstić information content (AvgIpc) is 3.21. The van der Waals surface area contributed by atoms with Crippen molar-refractivity contribution in [2.75, 3.05) is 11.9 Å². The minimum Gasteiger partial charge on any atom is -0.355 e. The van der Waals surface area contributed by atoms with Crippen molar-refractivity contribution in [1.29, 1.82) is 0 Å². The zero-order valence-corrected chi connectivity index (χ0v) is 16.8. The second-order valence-electron chi connectivity index (χ2n) is 7.54. The Balaban J connectivity index is 1.51. The van der Waals surface area contributed by atoms with Gasteiger partial charge in [-0.25, -0.2) is 0 Å². The van der Waals surface area contributed by atoms with Crippen molar-refractivity contribution in [3.63, 3.8) is 0 Å². The van der Waals surface area contributed by atoms with E-state index in [-0.39, 0.29) is 6.54 Å². The van der Waals surface area contributed by atoms with Gasteiger partial charge in [0.15, 0.2) is 0 Å². The molecule has 1 aromatic heterocycles. The van der Waals surface area contributed by atoms with Crippen LogP contribution in [0.1, 0.15) is 28.5 Å². The van der Waals surface area contributed by atoms with E-state index in [9.17, 15) is 22.8 Å². The predicted molar refractivity (Wildman–Crippen MR) is 109 cm³/mol. The van der Waals surface area contributed by atoms with Crippen molar-refractivity contribution in [3.8, 4) is 0 Å². The molecule has 1 aliphatic heterocycles. The maximum atomic E-state index is 12.9. The minimum atomic E-state index is -4.54. The smallest absolute Gasteiger partial charge is 0.355 e. The molecule has 10 heteroatoms. The fourth-order valence-electron chi connectivity index (χ4n) is 3.57. The first-order valence-electron chi connectivity index (χ1n) is 9.62. The lowest BCUT2D eigenvalue weighted by atomic mass is 10.1. The highest BCUT2D eigenvalue weighted by Gasteiger charge is 2.38. The molecular formula is C21H20F3N5O2. The quantitative estimate of drug-likeness (QED) is 0.576. The minimum absolute atomic E-state index is 0.148. The number of fused-ring (bicyclic) bond motifs is 2. The van der Waals surface area contributed by atoms with Crippen molar-refractivity contribution in [2.24, 2.45) is 0 Å². The summed E-state index contributed by atoms with van der Waals surface area (Å²) in [7, 11) is 0. The summed E-state index contributed by atoms with van der Waals surface area (Å²) >= 11 is 0. The normalized spacial score (nSPS) is 14.6. The van der Waals surface area contributed by atoms with Crippen LogP contribution in [0, 0.1) is 6.92 Å². The number of carbonyl (C=O) groups excluding carboxylic acids is 2. The maximum Gasteiger partial charge on any atom is 0.408 e. The van der Waals surface area contributed by atoms with Gasteiger partial charge in [-0.15, -0.1) is 0 Å². The summed E-state index contributed by atoms with van der Waals surface area (Å²) < 4.78 is 38.0. The number of H-pyrrole nitrogens is 1. The van der Waals surface area contributed by atoms with Gasteiger partial charge in [0.25, 0.3) is 5.91 Å². The molecule has 0 fully saturated rings. The Kier molecular flexibility index (Phi) is 5.08. The third kappa shape index (κ3) is 4.05. The Morgan fingerprint density at radius 3 is 2.81 bits per heavy atom. The van der Waals surface area contributed by atoms with E-state index >= 15 is 0 Å². The first-order chi connectivity index (χ1) is 14.6. The first-order valence-corrected chi connectivity index (χ1v) is 9.62. The lowest BCUT2D eigenvalue weighted by Gasteiger charge is -2.20. The highest BCUT2D eigenvalue weighted by atomic mass is 19.4. The summed E-state index contributed by atoms with van der Waals surface area (Å²) in [6, 6.07) is 8.93. The standard InChI is InChI=1S/C21H20F3N5O2/c1-11-15-7-6-14(8-17(15)28-27-11)26-16-5-3-4-13-9-29(20(31)19(13)16)10-18(30)25-12(2)21(22,23)24/h3-8,12,26H,9-10H2,1-2H3,(H,25,30)(H,27,28)/t12-/m0/s1. The Bertz CT molecular complexity index is 1170. The van der Waals surface area contributed by atoms with Crippen LogP contribution in [-0.2, 0) is 11.3 Å². The lowest BCUT2D eigenvalue weighted by molar-refractivity contribution is -0.158. The van der Waals surface area contributed by atoms with Gasteiger partial charge < -0.3 is 15.5 Å². The summed E-state index contributed by atoms with van der Waals surface area (Å²) in [5, 5.41) is 13.2. The predicted octanol–water partition coefficient (Wildman–Crippen LogP) is 3.64. The third-order valence-corrected chi connectivity index (χ3v) is 5.24. The number of hydrogen-bond acceptors (Lipinski definition) is 4. The molecule has 0 saturated heterocycles. The van der Waals surface area contributed by atoms with Gasteiger partial charge in [-0.2, -0.15) is 18.3 Å². The Morgan fingerprint density at radius 2 is 2.06 bits per heavy atom. The number of nitrogens with zero attached hydrogens (tertiary/aromatic N) is 2. The number of anilines is 2. The molecule has 0 saturated carbocycles. The molecule has 3 N–H and O–H groups in total. The van der Waals surface area contributed by atoms with Crippen molar-refractivity contribution < 1.29 is 22.8 Å². The SMILES string of the molecule is Cc1[nH]nc2cc(Nc3cccc4c3C(=O)N(CC(=O)N[C@@H](C)C(F)(F)F)C4)ccc12. The van der Waals surface area contributed by atoms with Crippen LogP contribution < -0.4 is 10.6 Å². The fraction of sp³-hybridized carbons (Fsp3) is 0.286. The van der Waals surface area contributed by atoms with E-state index in [2.05, 4.69) is 15.5 Å². The number of nitrogens with one attached hydrogen (secondary N) is 3. The molecule has 3 aromatic rings. The largest absolute Gasteiger partial charge is 0.408 e. The molecule has 4 rings (SSSR count). The number of rotatable bonds is 5. The Hall–Kier alpha value is -3.56. The van der Waals surface area contributed by atoms with E-state index in [1.165, 1.54) is 4.90 Å². The van der Waals surface area contributed by atoms with Crippen molar-refractivity contribution >= 4 is 34.1 Å². The molecule has 1 atom stereocenters. The van der Waals surface area contributed by atoms with Gasteiger partial charge in [0.05, 0.1) is 16.8 Å². The molecular weight excluding hydrogens is 411 g/mol. The van der Waals surface area contributed by atoms with E-state index in [0.717, 1.165) is 29.2 Å². The van der Waals surface area contributed by atoms with Crippen LogP contribution in [0.15, 0.2) is 36.4 Å². The van der Waals surface area contributed by atoms with Gasteiger partial charge in [-0.05, 0) is 43.7 Å². The molecule has 0 radical (unpaired) electrons. The van der Waals surface area contributed by atoms with Gasteiger partial charge in [0, 0.05) is 23.3 Å². The van der Waals surface area contributed by atoms with Crippen LogP contribution in [0.3, 0.4) is 0 Å². The highest BCUT2D eigenvalue weighted by molar-refractivity contribution is 6.05. The van der Waals surface area contributed by atoms with E-state index in [0.29, 0.717) is 16.8 Å². The van der Waals surface area contributed by atoms with Gasteiger partial charge in [-0.1, -0.05) is 12.1 Å². The molecule has 0 bridgehead atoms. The van der Waals surface area contributed by atoms with Crippen LogP contribution in [0.2, 0.25) is 0 Å². The highest BCUT2D eigenvalue weighted by Crippen LogP contribution is 2.32. The summed E-state index contributed by atoms with van der Waals surface area (Å²) in [4.78, 5) is 26.2. The van der Waals surface area contributed by atoms with Crippen LogP contribution in [0.25, 0.3) is 10.9 Å². The van der Waals surface area contributed by atoms with Crippen molar-refractivity contribution in [1.82, 2.24) is 20.4 Å². The topological polar surface area (TPSA) is 90.1 Å². The van der Waals surface area contributed by atoms with Gasteiger partial charge in [-0.3, -0.25) is 14.7 Å². The number of alkyl halides is 3. The number of amides is 2. The zero-order valence-electron chi connectivity index (χ0n) is 16.8. The summed E-state index contributed by atoms with van der Waals surface area (Å²) in [5.74, 6) is -1.27. The van der Waals surface area contributed by atoms with E-state index in [1.807, 2.05) is 30.4 Å². The van der Waals surface area contributed by atoms with Crippen LogP contribution in [-0.4, -0.2) is 45.7 Å². The van der Waals surface area contributed by atoms with Gasteiger partial charge in [0.1, 0.15) is 12.6 Å². The second-order valence-corrected chi connectivity index (χ2v) is 7.54. The first kappa shape index (κ1) is 20.7. The van der Waals surface area contributed by atoms with E-state index < -0.39 is 30.6 Å². The summed E-state index contributed by atoms with van der Waals surface area (Å²) in [6.07, 6.45) is -4.54. The fourth-order valence-corrected chi connectivity index (χ4v) is 3.57. The lowest BCUT2D eigenvalue weighted by Crippen LogP contribution is -2.47. The molecule has 1 aliphatic rings. The Labute approximate surface area is 175 Å². The molecule has 0 aliphatic carbocycles. The number of benzene rings is 2. The molecule has 0 unspecified atom stereocenters. The van der Waals surface area contributed by atoms with Crippen LogP contribution >= 0.6 is 0 Å². The molecule has 2 heterocycles. The summed E-state index contributed by atoms with van der Waals surface area (Å²) in [5.41, 5.74) is 4.11. The number of aryl methyl sites for hydroxylation is 1. The second kappa shape index (κ2) is 7.60. The monoisotopic (exact) mass is 431 g/mol. The number of carbonyl (C=O) groups is 2. The molecule has 31 heavy (non-hydrogen) atoms. The van der Waals surface area contributed by atoms with Crippen LogP contribution in [0.4, 0.5) is 24.5 Å². The third-order valence-electron chi connectivity index (χ3n) is 5.24. The molecule has 2 aromatic carbocycles. The average molecular weight is 431 g/mol. The number of aromatic amines is 1. The number of hydrogen-bond donors (Lipinski definition) is 3.